The molecule has 0 heterocycles. The van der Waals surface area contributed by atoms with Crippen molar-refractivity contribution in [3.8, 4) is 0 Å². The molecule has 0 saturated carbocycles. The average Bonchev–Trinajstić information content (AvgIpc) is 2.16. The average molecular weight is 183 g/mol. The van der Waals surface area contributed by atoms with Gasteiger partial charge in [0, 0.05) is 0 Å². The van der Waals surface area contributed by atoms with Crippen LogP contribution in [0.15, 0.2) is 0 Å². The molecule has 2 heteroatoms. The quantitative estimate of drug-likeness (QED) is 0.340. The first-order chi connectivity index (χ1) is 6.35. The largest absolute Gasteiger partial charge is 0.303 e. The van der Waals surface area contributed by atoms with Crippen molar-refractivity contribution in [3.05, 3.63) is 0 Å². The van der Waals surface area contributed by atoms with Gasteiger partial charge in [-0.1, -0.05) is 32.1 Å². The van der Waals surface area contributed by atoms with E-state index in [0.717, 1.165) is 13.1 Å². The summed E-state index contributed by atoms with van der Waals surface area (Å²) in [6.45, 7) is 6.44. The second kappa shape index (κ2) is 9.47. The van der Waals surface area contributed by atoms with Gasteiger partial charge in [0.15, 0.2) is 0 Å². The van der Waals surface area contributed by atoms with Crippen LogP contribution < -0.4 is 0 Å². The van der Waals surface area contributed by atoms with E-state index in [0.29, 0.717) is 0 Å². The summed E-state index contributed by atoms with van der Waals surface area (Å²) in [4.78, 5) is 0. The van der Waals surface area contributed by atoms with Gasteiger partial charge in [0.2, 0.25) is 0 Å². The van der Waals surface area contributed by atoms with Gasteiger partial charge in [0.25, 0.3) is 0 Å². The number of hydrogen-bond acceptors (Lipinski definition) is 1. The van der Waals surface area contributed by atoms with Crippen LogP contribution in [-0.2, 0) is 0 Å². The van der Waals surface area contributed by atoms with E-state index in [9.17, 15) is 0 Å². The Labute approximate surface area is 82.2 Å². The van der Waals surface area contributed by atoms with E-state index in [1.54, 1.807) is 0 Å². The second-order valence-electron chi connectivity index (χ2n) is 3.51. The molecule has 0 atom stereocenters. The molecule has 0 aliphatic rings. The van der Waals surface area contributed by atoms with Crippen LogP contribution in [0.5, 0.6) is 0 Å². The van der Waals surface area contributed by atoms with Crippen LogP contribution >= 0.6 is 0 Å². The molecule has 0 saturated heterocycles. The zero-order chi connectivity index (χ0) is 9.94. The summed E-state index contributed by atoms with van der Waals surface area (Å²) in [5.74, 6) is 0. The molecule has 0 rings (SSSR count). The van der Waals surface area contributed by atoms with Crippen LogP contribution in [-0.4, -0.2) is 23.7 Å². The highest BCUT2D eigenvalue weighted by Gasteiger charge is 1.98. The Kier molecular flexibility index (Phi) is 9.02. The standard InChI is InChI=1S/C11H23N2/c1-3-5-7-9-13(11-12)10-8-6-4-2/h12H,3-10H2,1-2H3/q+1. The van der Waals surface area contributed by atoms with E-state index in [4.69, 9.17) is 5.41 Å². The normalized spacial score (nSPS) is 9.69. The molecule has 0 amide bonds. The van der Waals surface area contributed by atoms with Gasteiger partial charge < -0.3 is 0 Å². The molecule has 76 valence electrons. The Bertz CT molecular complexity index is 145. The molecule has 0 aromatic carbocycles. The fraction of sp³-hybridized carbons (Fsp3) is 0.909. The third-order valence-corrected chi connectivity index (χ3v) is 2.22. The molecule has 13 heavy (non-hydrogen) atoms. The lowest BCUT2D eigenvalue weighted by Crippen LogP contribution is -2.13. The van der Waals surface area contributed by atoms with Crippen LogP contribution in [0.4, 0.5) is 0 Å². The van der Waals surface area contributed by atoms with Gasteiger partial charge >= 0.3 is 6.01 Å². The summed E-state index contributed by atoms with van der Waals surface area (Å²) in [6.07, 6.45) is 7.45. The van der Waals surface area contributed by atoms with Crippen molar-refractivity contribution >= 4 is 6.01 Å². The molecule has 0 radical (unpaired) electrons. The van der Waals surface area contributed by atoms with Gasteiger partial charge in [-0.05, 0) is 25.7 Å². The van der Waals surface area contributed by atoms with Gasteiger partial charge in [0.05, 0.1) is 13.1 Å². The summed E-state index contributed by atoms with van der Waals surface area (Å²) in [6, 6.07) is 2.50. The SMILES string of the molecule is CCCCC[N+](=C=N)CCCCC. The summed E-state index contributed by atoms with van der Waals surface area (Å²) in [7, 11) is 0. The van der Waals surface area contributed by atoms with E-state index in [1.807, 2.05) is 4.58 Å². The Morgan fingerprint density at radius 2 is 1.38 bits per heavy atom. The lowest BCUT2D eigenvalue weighted by Gasteiger charge is -2.01. The van der Waals surface area contributed by atoms with Crippen molar-refractivity contribution < 1.29 is 4.58 Å². The van der Waals surface area contributed by atoms with Crippen molar-refractivity contribution in [2.75, 3.05) is 13.1 Å². The molecule has 0 bridgehead atoms. The van der Waals surface area contributed by atoms with Crippen molar-refractivity contribution in [2.45, 2.75) is 52.4 Å². The first-order valence-electron chi connectivity index (χ1n) is 5.52. The van der Waals surface area contributed by atoms with Crippen LogP contribution in [0.25, 0.3) is 0 Å². The highest BCUT2D eigenvalue weighted by Crippen LogP contribution is 1.97. The van der Waals surface area contributed by atoms with E-state index < -0.39 is 0 Å². The van der Waals surface area contributed by atoms with E-state index in [2.05, 4.69) is 19.9 Å². The minimum Gasteiger partial charge on any atom is -0.220 e. The Hall–Kier alpha value is -0.620. The van der Waals surface area contributed by atoms with Crippen molar-refractivity contribution in [3.63, 3.8) is 0 Å². The molecular formula is C11H23N2+. The predicted molar refractivity (Wildman–Crippen MR) is 56.8 cm³/mol. The highest BCUT2D eigenvalue weighted by atomic mass is 15.0. The summed E-state index contributed by atoms with van der Waals surface area (Å²) in [5, 5.41) is 7.11. The zero-order valence-electron chi connectivity index (χ0n) is 9.10. The van der Waals surface area contributed by atoms with E-state index in [1.165, 1.54) is 38.5 Å². The van der Waals surface area contributed by atoms with Gasteiger partial charge in [-0.3, -0.25) is 0 Å². The molecular weight excluding hydrogens is 160 g/mol. The highest BCUT2D eigenvalue weighted by molar-refractivity contribution is 5.27. The number of nitrogens with one attached hydrogen (secondary N) is 1. The fourth-order valence-electron chi connectivity index (χ4n) is 1.33. The number of nitrogens with zero attached hydrogens (tertiary/aromatic N) is 1. The number of rotatable bonds is 8. The Morgan fingerprint density at radius 1 is 0.923 bits per heavy atom. The summed E-state index contributed by atoms with van der Waals surface area (Å²) >= 11 is 0. The molecule has 0 aliphatic heterocycles. The third-order valence-electron chi connectivity index (χ3n) is 2.22. The van der Waals surface area contributed by atoms with Crippen LogP contribution in [0.2, 0.25) is 0 Å². The fourth-order valence-corrected chi connectivity index (χ4v) is 1.33. The monoisotopic (exact) mass is 183 g/mol. The minimum absolute atomic E-state index is 1.01. The molecule has 0 unspecified atom stereocenters. The van der Waals surface area contributed by atoms with Gasteiger partial charge in [0.1, 0.15) is 0 Å². The second-order valence-corrected chi connectivity index (χ2v) is 3.51. The maximum Gasteiger partial charge on any atom is 0.303 e. The lowest BCUT2D eigenvalue weighted by atomic mass is 10.2. The first-order valence-corrected chi connectivity index (χ1v) is 5.52. The van der Waals surface area contributed by atoms with Crippen LogP contribution in [0.1, 0.15) is 52.4 Å². The van der Waals surface area contributed by atoms with Crippen LogP contribution in [0, 0.1) is 5.41 Å². The maximum atomic E-state index is 7.11. The topological polar surface area (TPSA) is 26.9 Å². The lowest BCUT2D eigenvalue weighted by molar-refractivity contribution is -0.523. The van der Waals surface area contributed by atoms with Gasteiger partial charge in [-0.25, -0.2) is 4.58 Å². The molecule has 0 spiro atoms. The summed E-state index contributed by atoms with van der Waals surface area (Å²) in [5.41, 5.74) is 0. The van der Waals surface area contributed by atoms with Gasteiger partial charge in [-0.15, -0.1) is 0 Å². The van der Waals surface area contributed by atoms with Crippen LogP contribution in [0.3, 0.4) is 0 Å². The first kappa shape index (κ1) is 12.4. The van der Waals surface area contributed by atoms with Crippen molar-refractivity contribution in [2.24, 2.45) is 0 Å². The third kappa shape index (κ3) is 7.73. The van der Waals surface area contributed by atoms with E-state index in [-0.39, 0.29) is 0 Å². The molecule has 0 aliphatic carbocycles. The van der Waals surface area contributed by atoms with Gasteiger partial charge in [-0.2, -0.15) is 0 Å². The van der Waals surface area contributed by atoms with Crippen molar-refractivity contribution in [1.82, 2.24) is 0 Å². The maximum absolute atomic E-state index is 7.11. The molecule has 0 aromatic heterocycles. The molecule has 1 N–H and O–H groups in total. The minimum atomic E-state index is 1.01. The summed E-state index contributed by atoms with van der Waals surface area (Å²) < 4.78 is 2.01. The molecule has 2 nitrogen and oxygen atoms in total. The Morgan fingerprint density at radius 3 is 1.69 bits per heavy atom. The number of hydrogen-bond donors (Lipinski definition) is 1. The predicted octanol–water partition coefficient (Wildman–Crippen LogP) is 3.13. The smallest absolute Gasteiger partial charge is 0.220 e. The molecule has 0 aromatic rings. The Balaban J connectivity index is 3.47. The zero-order valence-corrected chi connectivity index (χ0v) is 9.10. The molecule has 0 fully saturated rings. The van der Waals surface area contributed by atoms with E-state index >= 15 is 0 Å². The van der Waals surface area contributed by atoms with Crippen molar-refractivity contribution in [1.29, 1.82) is 5.41 Å². The number of unbranched alkanes of at least 4 members (excludes halogenated alkanes) is 4.